The largest absolute Gasteiger partial charge is 0.393 e. The molecule has 10 heteroatoms. The van der Waals surface area contributed by atoms with Crippen LogP contribution in [-0.4, -0.2) is 47.9 Å². The first-order valence-electron chi connectivity index (χ1n) is 10.9. The molecule has 32 heavy (non-hydrogen) atoms. The number of piperidine rings is 1. The van der Waals surface area contributed by atoms with Crippen LogP contribution in [0.3, 0.4) is 0 Å². The fourth-order valence-electron chi connectivity index (χ4n) is 4.25. The minimum absolute atomic E-state index is 0.127. The molecule has 2 aromatic rings. The third-order valence-corrected chi connectivity index (χ3v) is 5.97. The third kappa shape index (κ3) is 4.89. The van der Waals surface area contributed by atoms with E-state index in [9.17, 15) is 18.0 Å². The summed E-state index contributed by atoms with van der Waals surface area (Å²) in [6, 6.07) is 8.23. The van der Waals surface area contributed by atoms with Gasteiger partial charge >= 0.3 is 12.2 Å². The molecule has 2 atom stereocenters. The molecule has 2 aliphatic heterocycles. The zero-order valence-electron chi connectivity index (χ0n) is 17.9. The summed E-state index contributed by atoms with van der Waals surface area (Å²) in [4.78, 5) is 25.3. The maximum Gasteiger partial charge on any atom is 0.393 e. The Bertz CT molecular complexity index is 939. The quantitative estimate of drug-likeness (QED) is 0.685. The number of nitrogens with one attached hydrogen (secondary N) is 2. The number of rotatable bonds is 2. The highest BCUT2D eigenvalue weighted by Crippen LogP contribution is 2.36. The Morgan fingerprint density at radius 2 is 2.03 bits per heavy atom. The molecule has 7 nitrogen and oxygen atoms in total. The molecule has 4 rings (SSSR count). The van der Waals surface area contributed by atoms with Crippen LogP contribution in [0, 0.1) is 5.92 Å². The van der Waals surface area contributed by atoms with Crippen LogP contribution < -0.4 is 20.4 Å². The number of carbonyl (C=O) groups excluding carboxylic acids is 1. The van der Waals surface area contributed by atoms with E-state index in [1.807, 2.05) is 6.92 Å². The maximum absolute atomic E-state index is 13.3. The van der Waals surface area contributed by atoms with Crippen LogP contribution in [0.2, 0.25) is 0 Å². The van der Waals surface area contributed by atoms with Gasteiger partial charge in [0.2, 0.25) is 0 Å². The van der Waals surface area contributed by atoms with Gasteiger partial charge in [0.15, 0.2) is 5.82 Å². The van der Waals surface area contributed by atoms with Crippen LogP contribution >= 0.6 is 0 Å². The first-order valence-corrected chi connectivity index (χ1v) is 10.9. The highest BCUT2D eigenvalue weighted by atomic mass is 19.4. The highest BCUT2D eigenvalue weighted by molar-refractivity contribution is 6.03. The average molecular weight is 448 g/mol. The van der Waals surface area contributed by atoms with Crippen LogP contribution in [0.25, 0.3) is 0 Å². The molecule has 2 aliphatic rings. The second-order valence-electron chi connectivity index (χ2n) is 8.30. The Balaban J connectivity index is 1.65. The number of hydrogen-bond acceptors (Lipinski definition) is 5. The highest BCUT2D eigenvalue weighted by Gasteiger charge is 2.42. The van der Waals surface area contributed by atoms with E-state index in [4.69, 9.17) is 4.98 Å². The lowest BCUT2D eigenvalue weighted by Gasteiger charge is -2.36. The molecule has 1 fully saturated rings. The van der Waals surface area contributed by atoms with Gasteiger partial charge in [-0.1, -0.05) is 6.07 Å². The van der Waals surface area contributed by atoms with Crippen LogP contribution in [0.1, 0.15) is 32.6 Å². The monoisotopic (exact) mass is 448 g/mol. The van der Waals surface area contributed by atoms with Crippen molar-refractivity contribution in [2.45, 2.75) is 44.8 Å². The molecule has 1 unspecified atom stereocenters. The molecule has 1 saturated heterocycles. The van der Waals surface area contributed by atoms with E-state index in [1.165, 1.54) is 0 Å². The summed E-state index contributed by atoms with van der Waals surface area (Å²) in [5.41, 5.74) is 0.681. The van der Waals surface area contributed by atoms with Crippen molar-refractivity contribution >= 4 is 29.2 Å². The minimum atomic E-state index is -4.23. The van der Waals surface area contributed by atoms with Crippen LogP contribution in [0.5, 0.6) is 0 Å². The number of carbonyl (C=O) groups is 1. The molecule has 2 N–H and O–H groups in total. The minimum Gasteiger partial charge on any atom is -0.382 e. The molecule has 0 spiro atoms. The van der Waals surface area contributed by atoms with E-state index in [0.29, 0.717) is 36.1 Å². The SMILES string of the molecule is C[C@H]1CCCNc2ccc(N3CCCC(C(F)(F)F)C3)nc2N1C(=O)Nc1ccccn1. The molecule has 0 radical (unpaired) electrons. The number of pyridine rings is 2. The molecule has 0 aromatic carbocycles. The standard InChI is InChI=1S/C22H27F3N6O/c1-15-6-4-12-26-17-9-10-19(30-13-5-7-16(14-30)22(23,24)25)29-20(17)31(15)21(32)28-18-8-2-3-11-27-18/h2-3,8-11,15-16,26H,4-7,12-14H2,1H3,(H,27,28,32)/t15-,16?/m0/s1. The van der Waals surface area contributed by atoms with Crippen LogP contribution in [0.15, 0.2) is 36.5 Å². The zero-order chi connectivity index (χ0) is 22.7. The summed E-state index contributed by atoms with van der Waals surface area (Å²) in [6.45, 7) is 3.05. The van der Waals surface area contributed by atoms with E-state index < -0.39 is 12.1 Å². The number of urea groups is 1. The van der Waals surface area contributed by atoms with Crippen molar-refractivity contribution in [3.05, 3.63) is 36.5 Å². The second kappa shape index (κ2) is 9.22. The predicted octanol–water partition coefficient (Wildman–Crippen LogP) is 4.89. The van der Waals surface area contributed by atoms with Gasteiger partial charge in [-0.2, -0.15) is 13.2 Å². The van der Waals surface area contributed by atoms with Gasteiger partial charge in [0.05, 0.1) is 11.6 Å². The number of nitrogens with zero attached hydrogens (tertiary/aromatic N) is 4. The van der Waals surface area contributed by atoms with Crippen LogP contribution in [0.4, 0.5) is 41.1 Å². The van der Waals surface area contributed by atoms with Gasteiger partial charge < -0.3 is 10.2 Å². The lowest BCUT2D eigenvalue weighted by molar-refractivity contribution is -0.176. The summed E-state index contributed by atoms with van der Waals surface area (Å²) < 4.78 is 39.9. The molecule has 0 bridgehead atoms. The molecular weight excluding hydrogens is 421 g/mol. The smallest absolute Gasteiger partial charge is 0.382 e. The van der Waals surface area contributed by atoms with Crippen molar-refractivity contribution in [1.82, 2.24) is 9.97 Å². The Kier molecular flexibility index (Phi) is 6.38. The predicted molar refractivity (Wildman–Crippen MR) is 118 cm³/mol. The van der Waals surface area contributed by atoms with Gasteiger partial charge in [0, 0.05) is 31.9 Å². The number of aromatic nitrogens is 2. The summed E-state index contributed by atoms with van der Waals surface area (Å²) in [5.74, 6) is -0.0951. The van der Waals surface area contributed by atoms with E-state index in [-0.39, 0.29) is 25.0 Å². The second-order valence-corrected chi connectivity index (χ2v) is 8.30. The maximum atomic E-state index is 13.3. The van der Waals surface area contributed by atoms with Gasteiger partial charge in [0.25, 0.3) is 0 Å². The summed E-state index contributed by atoms with van der Waals surface area (Å²) in [5, 5.41) is 6.10. The van der Waals surface area contributed by atoms with E-state index in [1.54, 1.807) is 46.3 Å². The van der Waals surface area contributed by atoms with Crippen molar-refractivity contribution in [2.24, 2.45) is 5.92 Å². The Hall–Kier alpha value is -3.04. The van der Waals surface area contributed by atoms with E-state index in [2.05, 4.69) is 15.6 Å². The number of amides is 2. The van der Waals surface area contributed by atoms with Gasteiger partial charge in [-0.3, -0.25) is 10.2 Å². The topological polar surface area (TPSA) is 73.4 Å². The lowest BCUT2D eigenvalue weighted by atomic mass is 9.97. The third-order valence-electron chi connectivity index (χ3n) is 5.97. The van der Waals surface area contributed by atoms with Crippen LogP contribution in [-0.2, 0) is 0 Å². The summed E-state index contributed by atoms with van der Waals surface area (Å²) in [7, 11) is 0. The summed E-state index contributed by atoms with van der Waals surface area (Å²) >= 11 is 0. The molecule has 4 heterocycles. The number of hydrogen-bond donors (Lipinski definition) is 2. The van der Waals surface area contributed by atoms with Crippen molar-refractivity contribution in [2.75, 3.05) is 40.1 Å². The zero-order valence-corrected chi connectivity index (χ0v) is 17.9. The Labute approximate surface area is 185 Å². The molecule has 2 amide bonds. The fraction of sp³-hybridized carbons (Fsp3) is 0.500. The van der Waals surface area contributed by atoms with Gasteiger partial charge in [0.1, 0.15) is 11.6 Å². The first kappa shape index (κ1) is 22.2. The first-order chi connectivity index (χ1) is 15.3. The fourth-order valence-corrected chi connectivity index (χ4v) is 4.25. The normalized spacial score (nSPS) is 21.8. The van der Waals surface area contributed by atoms with Crippen molar-refractivity contribution in [3.63, 3.8) is 0 Å². The van der Waals surface area contributed by atoms with E-state index in [0.717, 1.165) is 19.4 Å². The Morgan fingerprint density at radius 1 is 1.19 bits per heavy atom. The van der Waals surface area contributed by atoms with Gasteiger partial charge in [-0.15, -0.1) is 0 Å². The van der Waals surface area contributed by atoms with Gasteiger partial charge in [-0.25, -0.2) is 14.8 Å². The van der Waals surface area contributed by atoms with E-state index >= 15 is 0 Å². The number of anilines is 4. The number of fused-ring (bicyclic) bond motifs is 1. The molecule has 0 saturated carbocycles. The molecule has 2 aromatic heterocycles. The van der Waals surface area contributed by atoms with Gasteiger partial charge in [-0.05, 0) is 56.9 Å². The number of alkyl halides is 3. The molecular formula is C22H27F3N6O. The molecule has 0 aliphatic carbocycles. The molecule has 172 valence electrons. The van der Waals surface area contributed by atoms with Crippen molar-refractivity contribution < 1.29 is 18.0 Å². The number of halogens is 3. The lowest BCUT2D eigenvalue weighted by Crippen LogP contribution is -2.45. The summed E-state index contributed by atoms with van der Waals surface area (Å²) in [6.07, 6.45) is -0.439. The Morgan fingerprint density at radius 3 is 2.78 bits per heavy atom. The van der Waals surface area contributed by atoms with Crippen molar-refractivity contribution in [3.8, 4) is 0 Å². The average Bonchev–Trinajstić information content (AvgIpc) is 2.76. The van der Waals surface area contributed by atoms with Crippen molar-refractivity contribution in [1.29, 1.82) is 0 Å².